The van der Waals surface area contributed by atoms with Gasteiger partial charge in [0.15, 0.2) is 11.5 Å². The van der Waals surface area contributed by atoms with Crippen LogP contribution >= 0.6 is 0 Å². The van der Waals surface area contributed by atoms with Crippen molar-refractivity contribution in [2.24, 2.45) is 5.92 Å². The fourth-order valence-electron chi connectivity index (χ4n) is 5.84. The van der Waals surface area contributed by atoms with Gasteiger partial charge in [0.25, 0.3) is 0 Å². The minimum Gasteiger partial charge on any atom is -0.493 e. The first kappa shape index (κ1) is 23.6. The molecule has 8 nitrogen and oxygen atoms in total. The summed E-state index contributed by atoms with van der Waals surface area (Å²) in [5.41, 5.74) is 1.12. The number of anilines is 1. The Morgan fingerprint density at radius 3 is 2.66 bits per heavy atom. The number of amides is 1. The number of benzene rings is 2. The van der Waals surface area contributed by atoms with Crippen LogP contribution in [0.5, 0.6) is 11.5 Å². The van der Waals surface area contributed by atoms with E-state index in [1.807, 2.05) is 24.3 Å². The molecule has 5 rings (SSSR count). The van der Waals surface area contributed by atoms with Crippen LogP contribution in [-0.4, -0.2) is 66.4 Å². The van der Waals surface area contributed by atoms with Gasteiger partial charge in [0.1, 0.15) is 12.1 Å². The first-order valence-electron chi connectivity index (χ1n) is 12.1. The Morgan fingerprint density at radius 1 is 1.17 bits per heavy atom. The SMILES string of the molecule is COc1cccc2c1OC(C)(C)[C@H]1C[C@@H]3[C@H](CCN3CC(=O)N(CC(=O)O)c3ccccc3)O[C@H]21. The molecule has 0 radical (unpaired) electrons. The zero-order chi connectivity index (χ0) is 24.7. The molecule has 3 aliphatic rings. The number of likely N-dealkylation sites (tertiary alicyclic amines) is 1. The quantitative estimate of drug-likeness (QED) is 0.677. The summed E-state index contributed by atoms with van der Waals surface area (Å²) in [4.78, 5) is 28.3. The highest BCUT2D eigenvalue weighted by Crippen LogP contribution is 2.54. The van der Waals surface area contributed by atoms with Crippen LogP contribution < -0.4 is 14.4 Å². The minimum absolute atomic E-state index is 0.00153. The third-order valence-electron chi connectivity index (χ3n) is 7.58. The van der Waals surface area contributed by atoms with Gasteiger partial charge in [-0.05, 0) is 44.9 Å². The molecule has 0 aliphatic carbocycles. The molecule has 2 saturated heterocycles. The van der Waals surface area contributed by atoms with Gasteiger partial charge in [-0.25, -0.2) is 0 Å². The number of ether oxygens (including phenoxy) is 3. The van der Waals surface area contributed by atoms with Crippen molar-refractivity contribution < 1.29 is 28.9 Å². The van der Waals surface area contributed by atoms with Gasteiger partial charge < -0.3 is 24.2 Å². The molecule has 2 aromatic carbocycles. The number of fused-ring (bicyclic) bond motifs is 4. The molecule has 2 aromatic rings. The van der Waals surface area contributed by atoms with Gasteiger partial charge in [0.2, 0.25) is 5.91 Å². The summed E-state index contributed by atoms with van der Waals surface area (Å²) in [5, 5.41) is 9.40. The maximum atomic E-state index is 13.3. The van der Waals surface area contributed by atoms with E-state index in [-0.39, 0.29) is 43.2 Å². The number of hydrogen-bond donors (Lipinski definition) is 1. The molecule has 3 aliphatic heterocycles. The van der Waals surface area contributed by atoms with Crippen molar-refractivity contribution in [1.82, 2.24) is 4.90 Å². The van der Waals surface area contributed by atoms with Crippen molar-refractivity contribution in [3.63, 3.8) is 0 Å². The lowest BCUT2D eigenvalue weighted by molar-refractivity contribution is -0.163. The van der Waals surface area contributed by atoms with Crippen LogP contribution in [0.25, 0.3) is 0 Å². The lowest BCUT2D eigenvalue weighted by Gasteiger charge is -2.51. The predicted molar refractivity (Wildman–Crippen MR) is 130 cm³/mol. The highest BCUT2D eigenvalue weighted by molar-refractivity contribution is 5.98. The van der Waals surface area contributed by atoms with E-state index in [0.29, 0.717) is 11.4 Å². The summed E-state index contributed by atoms with van der Waals surface area (Å²) < 4.78 is 18.7. The Kier molecular flexibility index (Phi) is 6.19. The van der Waals surface area contributed by atoms with Crippen molar-refractivity contribution in [3.8, 4) is 11.5 Å². The fourth-order valence-corrected chi connectivity index (χ4v) is 5.84. The number of aliphatic carboxylic acids is 1. The number of rotatable bonds is 6. The number of carboxylic acid groups (broad SMARTS) is 1. The molecule has 8 heteroatoms. The van der Waals surface area contributed by atoms with E-state index < -0.39 is 11.6 Å². The van der Waals surface area contributed by atoms with E-state index in [4.69, 9.17) is 14.2 Å². The molecule has 0 spiro atoms. The first-order chi connectivity index (χ1) is 16.8. The van der Waals surface area contributed by atoms with Crippen molar-refractivity contribution in [2.45, 2.75) is 50.5 Å². The van der Waals surface area contributed by atoms with Crippen LogP contribution in [0.4, 0.5) is 5.69 Å². The Labute approximate surface area is 205 Å². The zero-order valence-electron chi connectivity index (χ0n) is 20.3. The maximum Gasteiger partial charge on any atom is 0.323 e. The Balaban J connectivity index is 1.36. The molecule has 0 unspecified atom stereocenters. The van der Waals surface area contributed by atoms with Crippen molar-refractivity contribution in [2.75, 3.05) is 31.6 Å². The van der Waals surface area contributed by atoms with E-state index in [0.717, 1.165) is 30.7 Å². The summed E-state index contributed by atoms with van der Waals surface area (Å²) in [6.07, 6.45) is 1.55. The second kappa shape index (κ2) is 9.17. The molecule has 1 N–H and O–H groups in total. The van der Waals surface area contributed by atoms with Gasteiger partial charge in [0.05, 0.1) is 25.9 Å². The highest BCUT2D eigenvalue weighted by atomic mass is 16.5. The molecular weight excluding hydrogens is 448 g/mol. The number of carbonyl (C=O) groups is 2. The van der Waals surface area contributed by atoms with Crippen LogP contribution in [0, 0.1) is 5.92 Å². The number of hydrogen-bond acceptors (Lipinski definition) is 6. The maximum absolute atomic E-state index is 13.3. The lowest BCUT2D eigenvalue weighted by Crippen LogP contribution is -2.55. The van der Waals surface area contributed by atoms with Crippen LogP contribution in [-0.2, 0) is 14.3 Å². The smallest absolute Gasteiger partial charge is 0.323 e. The predicted octanol–water partition coefficient (Wildman–Crippen LogP) is 3.50. The van der Waals surface area contributed by atoms with E-state index in [2.05, 4.69) is 18.7 Å². The molecule has 1 amide bonds. The van der Waals surface area contributed by atoms with Gasteiger partial charge in [-0.1, -0.05) is 30.3 Å². The molecule has 186 valence electrons. The van der Waals surface area contributed by atoms with Gasteiger partial charge in [0, 0.05) is 29.8 Å². The largest absolute Gasteiger partial charge is 0.493 e. The van der Waals surface area contributed by atoms with Gasteiger partial charge in [-0.3, -0.25) is 14.5 Å². The third kappa shape index (κ3) is 4.36. The van der Waals surface area contributed by atoms with Crippen molar-refractivity contribution >= 4 is 17.6 Å². The summed E-state index contributed by atoms with van der Waals surface area (Å²) in [6, 6.07) is 14.9. The summed E-state index contributed by atoms with van der Waals surface area (Å²) in [6.45, 7) is 4.67. The summed E-state index contributed by atoms with van der Waals surface area (Å²) in [5.74, 6) is 0.286. The number of methoxy groups -OCH3 is 1. The van der Waals surface area contributed by atoms with Gasteiger partial charge in [-0.15, -0.1) is 0 Å². The van der Waals surface area contributed by atoms with Crippen LogP contribution in [0.1, 0.15) is 38.4 Å². The molecular formula is C27H32N2O6. The normalized spacial score (nSPS) is 26.6. The Hall–Kier alpha value is -3.10. The zero-order valence-corrected chi connectivity index (χ0v) is 20.3. The minimum atomic E-state index is -1.04. The monoisotopic (exact) mass is 480 g/mol. The van der Waals surface area contributed by atoms with E-state index in [1.165, 1.54) is 4.90 Å². The molecule has 0 saturated carbocycles. The second-order valence-electron chi connectivity index (χ2n) is 10.1. The van der Waals surface area contributed by atoms with Crippen molar-refractivity contribution in [3.05, 3.63) is 54.1 Å². The molecule has 35 heavy (non-hydrogen) atoms. The molecule has 2 fully saturated rings. The Morgan fingerprint density at radius 2 is 1.94 bits per heavy atom. The highest BCUT2D eigenvalue weighted by Gasteiger charge is 2.53. The molecule has 0 bridgehead atoms. The second-order valence-corrected chi connectivity index (χ2v) is 10.1. The van der Waals surface area contributed by atoms with Gasteiger partial charge in [-0.2, -0.15) is 0 Å². The summed E-state index contributed by atoms with van der Waals surface area (Å²) >= 11 is 0. The van der Waals surface area contributed by atoms with Crippen LogP contribution in [0.3, 0.4) is 0 Å². The standard InChI is InChI=1S/C27H32N2O6/c1-27(2)19-14-20-21(34-25(19)18-10-7-11-22(33-3)26(18)35-27)12-13-28(20)15-23(30)29(16-24(31)32)17-8-5-4-6-9-17/h4-11,19-21,25H,12-16H2,1-3H3,(H,31,32)/t19-,20+,21-,25+/m0/s1. The van der Waals surface area contributed by atoms with E-state index in [9.17, 15) is 14.7 Å². The van der Waals surface area contributed by atoms with Crippen LogP contribution in [0.2, 0.25) is 0 Å². The lowest BCUT2D eigenvalue weighted by atomic mass is 9.74. The number of nitrogens with zero attached hydrogens (tertiary/aromatic N) is 2. The van der Waals surface area contributed by atoms with E-state index in [1.54, 1.807) is 31.4 Å². The van der Waals surface area contributed by atoms with Crippen LogP contribution in [0.15, 0.2) is 48.5 Å². The first-order valence-corrected chi connectivity index (χ1v) is 12.1. The van der Waals surface area contributed by atoms with Gasteiger partial charge >= 0.3 is 5.97 Å². The molecule has 0 aromatic heterocycles. The average molecular weight is 481 g/mol. The number of carboxylic acids is 1. The fraction of sp³-hybridized carbons (Fsp3) is 0.481. The summed E-state index contributed by atoms with van der Waals surface area (Å²) in [7, 11) is 1.64. The van der Waals surface area contributed by atoms with Crippen molar-refractivity contribution in [1.29, 1.82) is 0 Å². The molecule has 3 heterocycles. The number of carbonyl (C=O) groups excluding carboxylic acids is 1. The molecule has 4 atom stereocenters. The number of para-hydroxylation sites is 2. The Bertz CT molecular complexity index is 1100. The topological polar surface area (TPSA) is 88.5 Å². The average Bonchev–Trinajstić information content (AvgIpc) is 3.23. The van der Waals surface area contributed by atoms with E-state index >= 15 is 0 Å². The third-order valence-corrected chi connectivity index (χ3v) is 7.58.